The average molecular weight is 324 g/mol. The molecule has 1 amide bonds. The van der Waals surface area contributed by atoms with Crippen LogP contribution < -0.4 is 5.32 Å². The Morgan fingerprint density at radius 2 is 2.05 bits per heavy atom. The molecule has 0 aliphatic heterocycles. The van der Waals surface area contributed by atoms with Gasteiger partial charge in [0, 0.05) is 17.2 Å². The van der Waals surface area contributed by atoms with Gasteiger partial charge in [0.25, 0.3) is 15.0 Å². The van der Waals surface area contributed by atoms with Crippen LogP contribution >= 0.6 is 10.7 Å². The Labute approximate surface area is 119 Å². The predicted molar refractivity (Wildman–Crippen MR) is 69.0 cm³/mol. The van der Waals surface area contributed by atoms with Crippen molar-refractivity contribution in [2.45, 2.75) is 18.2 Å². The number of carbonyl (C=O) groups excluding carboxylic acids is 1. The molecule has 1 saturated carbocycles. The van der Waals surface area contributed by atoms with Gasteiger partial charge in [0.05, 0.1) is 10.5 Å². The van der Waals surface area contributed by atoms with Crippen LogP contribution in [0, 0.1) is 23.5 Å². The zero-order chi connectivity index (χ0) is 15.1. The van der Waals surface area contributed by atoms with Crippen LogP contribution in [-0.2, 0) is 9.05 Å². The highest BCUT2D eigenvalue weighted by Gasteiger charge is 2.33. The topological polar surface area (TPSA) is 63.2 Å². The maximum Gasteiger partial charge on any atom is 0.261 e. The molecule has 20 heavy (non-hydrogen) atoms. The lowest BCUT2D eigenvalue weighted by Gasteiger charge is -2.07. The van der Waals surface area contributed by atoms with E-state index in [1.165, 1.54) is 0 Å². The zero-order valence-corrected chi connectivity index (χ0v) is 12.1. The van der Waals surface area contributed by atoms with Crippen molar-refractivity contribution < 1.29 is 22.0 Å². The number of halogens is 3. The first-order valence-electron chi connectivity index (χ1n) is 5.92. The van der Waals surface area contributed by atoms with E-state index in [1.807, 2.05) is 6.92 Å². The summed E-state index contributed by atoms with van der Waals surface area (Å²) in [5, 5.41) is 2.45. The summed E-state index contributed by atoms with van der Waals surface area (Å²) in [6.07, 6.45) is 0.965. The molecule has 2 unspecified atom stereocenters. The molecule has 2 rings (SSSR count). The highest BCUT2D eigenvalue weighted by molar-refractivity contribution is 8.13. The highest BCUT2D eigenvalue weighted by Crippen LogP contribution is 2.36. The van der Waals surface area contributed by atoms with E-state index in [9.17, 15) is 22.0 Å². The van der Waals surface area contributed by atoms with Crippen molar-refractivity contribution in [2.24, 2.45) is 11.8 Å². The van der Waals surface area contributed by atoms with Crippen LogP contribution in [0.15, 0.2) is 17.0 Å². The minimum atomic E-state index is -4.24. The average Bonchev–Trinajstić information content (AvgIpc) is 3.04. The van der Waals surface area contributed by atoms with Crippen LogP contribution in [0.3, 0.4) is 0 Å². The monoisotopic (exact) mass is 323 g/mol. The second-order valence-electron chi connectivity index (χ2n) is 4.89. The number of amides is 1. The van der Waals surface area contributed by atoms with Crippen LogP contribution in [0.1, 0.15) is 23.7 Å². The van der Waals surface area contributed by atoms with Gasteiger partial charge in [0.2, 0.25) is 0 Å². The predicted octanol–water partition coefficient (Wildman–Crippen LogP) is 2.28. The molecule has 0 saturated heterocycles. The van der Waals surface area contributed by atoms with Gasteiger partial charge in [0.1, 0.15) is 0 Å². The van der Waals surface area contributed by atoms with Crippen LogP contribution in [0.5, 0.6) is 0 Å². The number of nitrogens with one attached hydrogen (secondary N) is 1. The smallest absolute Gasteiger partial charge is 0.261 e. The molecular formula is C12H12ClF2NO3S. The van der Waals surface area contributed by atoms with Crippen molar-refractivity contribution in [3.8, 4) is 0 Å². The standard InChI is InChI=1S/C12H12ClF2NO3S/c1-6-2-7(6)5-16-12(17)9-3-8(20(13,18)19)4-10(14)11(9)15/h3-4,6-7H,2,5H2,1H3,(H,16,17). The molecule has 8 heteroatoms. The number of hydrogen-bond acceptors (Lipinski definition) is 3. The molecule has 0 spiro atoms. The number of rotatable bonds is 4. The summed E-state index contributed by atoms with van der Waals surface area (Å²) >= 11 is 0. The normalized spacial score (nSPS) is 21.6. The summed E-state index contributed by atoms with van der Waals surface area (Å²) in [7, 11) is 0.827. The second-order valence-corrected chi connectivity index (χ2v) is 7.45. The lowest BCUT2D eigenvalue weighted by atomic mass is 10.2. The van der Waals surface area contributed by atoms with E-state index >= 15 is 0 Å². The lowest BCUT2D eigenvalue weighted by Crippen LogP contribution is -2.27. The largest absolute Gasteiger partial charge is 0.352 e. The quantitative estimate of drug-likeness (QED) is 0.865. The van der Waals surface area contributed by atoms with E-state index < -0.39 is 37.1 Å². The van der Waals surface area contributed by atoms with Crippen LogP contribution in [0.4, 0.5) is 8.78 Å². The minimum Gasteiger partial charge on any atom is -0.352 e. The van der Waals surface area contributed by atoms with Crippen LogP contribution in [0.2, 0.25) is 0 Å². The summed E-state index contributed by atoms with van der Waals surface area (Å²) in [4.78, 5) is 11.1. The molecule has 0 radical (unpaired) electrons. The molecule has 2 atom stereocenters. The first-order chi connectivity index (χ1) is 9.20. The van der Waals surface area contributed by atoms with Gasteiger partial charge < -0.3 is 5.32 Å². The second kappa shape index (κ2) is 5.29. The Balaban J connectivity index is 2.25. The summed E-state index contributed by atoms with van der Waals surface area (Å²) in [5.74, 6) is -2.87. The van der Waals surface area contributed by atoms with Gasteiger partial charge >= 0.3 is 0 Å². The number of carbonyl (C=O) groups is 1. The molecule has 1 aromatic rings. The molecule has 0 bridgehead atoms. The number of hydrogen-bond donors (Lipinski definition) is 1. The van der Waals surface area contributed by atoms with Gasteiger partial charge in [-0.05, 0) is 30.4 Å². The van der Waals surface area contributed by atoms with Gasteiger partial charge in [-0.1, -0.05) is 6.92 Å². The third kappa shape index (κ3) is 3.27. The molecule has 4 nitrogen and oxygen atoms in total. The Kier molecular flexibility index (Phi) is 4.02. The third-order valence-corrected chi connectivity index (χ3v) is 4.66. The SMILES string of the molecule is CC1CC1CNC(=O)c1cc(S(=O)(=O)Cl)cc(F)c1F. The summed E-state index contributed by atoms with van der Waals surface area (Å²) in [6.45, 7) is 2.36. The molecule has 1 aromatic carbocycles. The minimum absolute atomic E-state index is 0.326. The lowest BCUT2D eigenvalue weighted by molar-refractivity contribution is 0.0946. The fourth-order valence-electron chi connectivity index (χ4n) is 1.87. The van der Waals surface area contributed by atoms with Crippen molar-refractivity contribution in [1.82, 2.24) is 5.32 Å². The Hall–Kier alpha value is -1.21. The molecule has 0 aromatic heterocycles. The van der Waals surface area contributed by atoms with E-state index in [-0.39, 0.29) is 0 Å². The van der Waals surface area contributed by atoms with Gasteiger partial charge in [0.15, 0.2) is 11.6 Å². The van der Waals surface area contributed by atoms with Crippen molar-refractivity contribution in [3.63, 3.8) is 0 Å². The Bertz CT molecular complexity index is 663. The number of benzene rings is 1. The van der Waals surface area contributed by atoms with Gasteiger partial charge in [-0.3, -0.25) is 4.79 Å². The Morgan fingerprint density at radius 3 is 2.55 bits per heavy atom. The molecule has 1 fully saturated rings. The van der Waals surface area contributed by atoms with Crippen molar-refractivity contribution in [3.05, 3.63) is 29.3 Å². The van der Waals surface area contributed by atoms with E-state index in [4.69, 9.17) is 10.7 Å². The molecule has 0 heterocycles. The Morgan fingerprint density at radius 1 is 1.45 bits per heavy atom. The summed E-state index contributed by atoms with van der Waals surface area (Å²) in [6, 6.07) is 1.17. The van der Waals surface area contributed by atoms with Crippen LogP contribution in [0.25, 0.3) is 0 Å². The van der Waals surface area contributed by atoms with Gasteiger partial charge in [-0.25, -0.2) is 17.2 Å². The van der Waals surface area contributed by atoms with Crippen LogP contribution in [-0.4, -0.2) is 20.9 Å². The summed E-state index contributed by atoms with van der Waals surface area (Å²) < 4.78 is 49.2. The third-order valence-electron chi connectivity index (χ3n) is 3.33. The maximum absolute atomic E-state index is 13.6. The molecule has 110 valence electrons. The highest BCUT2D eigenvalue weighted by atomic mass is 35.7. The molecule has 1 aliphatic rings. The molecular weight excluding hydrogens is 312 g/mol. The first kappa shape index (κ1) is 15.2. The van der Waals surface area contributed by atoms with E-state index in [2.05, 4.69) is 5.32 Å². The molecule has 1 aliphatic carbocycles. The van der Waals surface area contributed by atoms with Gasteiger partial charge in [-0.15, -0.1) is 0 Å². The van der Waals surface area contributed by atoms with Crippen molar-refractivity contribution >= 4 is 25.6 Å². The fourth-order valence-corrected chi connectivity index (χ4v) is 2.64. The molecule has 1 N–H and O–H groups in total. The van der Waals surface area contributed by atoms with E-state index in [0.29, 0.717) is 24.4 Å². The van der Waals surface area contributed by atoms with Crippen molar-refractivity contribution in [2.75, 3.05) is 6.54 Å². The first-order valence-corrected chi connectivity index (χ1v) is 8.23. The fraction of sp³-hybridized carbons (Fsp3) is 0.417. The zero-order valence-electron chi connectivity index (χ0n) is 10.5. The van der Waals surface area contributed by atoms with Gasteiger partial charge in [-0.2, -0.15) is 0 Å². The van der Waals surface area contributed by atoms with E-state index in [0.717, 1.165) is 12.5 Å². The van der Waals surface area contributed by atoms with Crippen molar-refractivity contribution in [1.29, 1.82) is 0 Å². The summed E-state index contributed by atoms with van der Waals surface area (Å²) in [5.41, 5.74) is -0.669. The van der Waals surface area contributed by atoms with E-state index in [1.54, 1.807) is 0 Å². The maximum atomic E-state index is 13.6.